The number of aromatic nitrogens is 1. The van der Waals surface area contributed by atoms with E-state index >= 15 is 0 Å². The molecule has 0 atom stereocenters. The first-order valence-electron chi connectivity index (χ1n) is 4.94. The summed E-state index contributed by atoms with van der Waals surface area (Å²) >= 11 is 0. The zero-order chi connectivity index (χ0) is 11.4. The van der Waals surface area contributed by atoms with Crippen LogP contribution in [0.3, 0.4) is 0 Å². The first kappa shape index (κ1) is 13.3. The summed E-state index contributed by atoms with van der Waals surface area (Å²) in [6.07, 6.45) is 1.71. The summed E-state index contributed by atoms with van der Waals surface area (Å²) < 4.78 is 1.62. The van der Waals surface area contributed by atoms with Gasteiger partial charge in [-0.1, -0.05) is 30.3 Å². The minimum atomic E-state index is -0.372. The second-order valence-electron chi connectivity index (χ2n) is 3.43. The molecule has 0 saturated heterocycles. The second-order valence-corrected chi connectivity index (χ2v) is 3.43. The van der Waals surface area contributed by atoms with Gasteiger partial charge in [-0.05, 0) is 6.07 Å². The predicted molar refractivity (Wildman–Crippen MR) is 58.8 cm³/mol. The quantitative estimate of drug-likeness (QED) is 0.411. The van der Waals surface area contributed by atoms with Gasteiger partial charge >= 0.3 is 5.82 Å². The number of rotatable bonds is 3. The first-order valence-corrected chi connectivity index (χ1v) is 4.94. The maximum absolute atomic E-state index is 10.8. The molecule has 2 aromatic rings. The molecule has 88 valence electrons. The lowest BCUT2D eigenvalue weighted by atomic mass is 10.2. The molecule has 0 unspecified atom stereocenters. The summed E-state index contributed by atoms with van der Waals surface area (Å²) in [5.74, 6) is 0.103. The van der Waals surface area contributed by atoms with Crippen LogP contribution >= 0.6 is 0 Å². The van der Waals surface area contributed by atoms with Crippen LogP contribution in [0.2, 0.25) is 0 Å². The maximum Gasteiger partial charge on any atom is 0.501 e. The van der Waals surface area contributed by atoms with Crippen molar-refractivity contribution in [2.75, 3.05) is 0 Å². The maximum atomic E-state index is 10.8. The molecule has 1 aromatic heterocycles. The number of nitro groups is 1. The van der Waals surface area contributed by atoms with Crippen molar-refractivity contribution in [2.45, 2.75) is 6.54 Å². The van der Waals surface area contributed by atoms with Crippen LogP contribution in [0, 0.1) is 10.1 Å². The Bertz CT molecular complexity index is 503. The van der Waals surface area contributed by atoms with Crippen LogP contribution in [-0.4, -0.2) is 4.92 Å². The average Bonchev–Trinajstić information content (AvgIpc) is 2.31. The van der Waals surface area contributed by atoms with Crippen molar-refractivity contribution in [3.63, 3.8) is 0 Å². The smallest absolute Gasteiger partial charge is 0.501 e. The van der Waals surface area contributed by atoms with Gasteiger partial charge in [0, 0.05) is 11.6 Å². The van der Waals surface area contributed by atoms with Crippen molar-refractivity contribution >= 4 is 5.82 Å². The minimum absolute atomic E-state index is 0. The Morgan fingerprint density at radius 2 is 1.71 bits per heavy atom. The number of pyridine rings is 1. The van der Waals surface area contributed by atoms with Gasteiger partial charge in [-0.25, -0.2) is 0 Å². The molecule has 17 heavy (non-hydrogen) atoms. The molecule has 0 aliphatic rings. The van der Waals surface area contributed by atoms with Crippen LogP contribution < -0.4 is 21.5 Å². The van der Waals surface area contributed by atoms with E-state index in [0.717, 1.165) is 5.56 Å². The average molecular weight is 295 g/mol. The topological polar surface area (TPSA) is 47.0 Å². The normalized spacial score (nSPS) is 9.41. The van der Waals surface area contributed by atoms with Crippen LogP contribution in [0.1, 0.15) is 5.56 Å². The van der Waals surface area contributed by atoms with Crippen LogP contribution in [0.4, 0.5) is 5.82 Å². The van der Waals surface area contributed by atoms with E-state index < -0.39 is 0 Å². The summed E-state index contributed by atoms with van der Waals surface area (Å²) in [6, 6.07) is 14.6. The molecule has 2 rings (SSSR count). The van der Waals surface area contributed by atoms with Gasteiger partial charge in [0.05, 0.1) is 6.07 Å². The Kier molecular flexibility index (Phi) is 4.78. The molecule has 0 aliphatic heterocycles. The van der Waals surface area contributed by atoms with Crippen molar-refractivity contribution in [1.29, 1.82) is 0 Å². The molecule has 0 bridgehead atoms. The Labute approximate surface area is 109 Å². The lowest BCUT2D eigenvalue weighted by Crippen LogP contribution is -3.00. The standard InChI is InChI=1S/C12H11N2O2.BrH/c15-14(16)12-8-4-5-9-13(12)10-11-6-2-1-3-7-11;/h1-9H,10H2;1H/q+1;/p-1. The number of hydrogen-bond donors (Lipinski definition) is 0. The van der Waals surface area contributed by atoms with E-state index in [1.807, 2.05) is 30.3 Å². The number of hydrogen-bond acceptors (Lipinski definition) is 2. The van der Waals surface area contributed by atoms with Crippen LogP contribution in [0.25, 0.3) is 0 Å². The second kappa shape index (κ2) is 6.10. The highest BCUT2D eigenvalue weighted by Crippen LogP contribution is 2.04. The van der Waals surface area contributed by atoms with E-state index in [1.54, 1.807) is 22.9 Å². The molecule has 0 spiro atoms. The lowest BCUT2D eigenvalue weighted by molar-refractivity contribution is -0.729. The van der Waals surface area contributed by atoms with E-state index in [-0.39, 0.29) is 27.7 Å². The first-order chi connectivity index (χ1) is 7.77. The van der Waals surface area contributed by atoms with Gasteiger partial charge in [-0.15, -0.1) is 4.57 Å². The fourth-order valence-corrected chi connectivity index (χ4v) is 1.55. The third kappa shape index (κ3) is 3.35. The Balaban J connectivity index is 0.00000144. The van der Waals surface area contributed by atoms with Crippen molar-refractivity contribution in [2.24, 2.45) is 0 Å². The van der Waals surface area contributed by atoms with E-state index in [2.05, 4.69) is 0 Å². The van der Waals surface area contributed by atoms with Crippen LogP contribution in [0.5, 0.6) is 0 Å². The van der Waals surface area contributed by atoms with Gasteiger partial charge in [0.1, 0.15) is 4.92 Å². The van der Waals surface area contributed by atoms with Crippen molar-refractivity contribution in [3.05, 3.63) is 70.4 Å². The Morgan fingerprint density at radius 1 is 1.06 bits per heavy atom. The summed E-state index contributed by atoms with van der Waals surface area (Å²) in [5, 5.41) is 10.8. The highest BCUT2D eigenvalue weighted by molar-refractivity contribution is 5.15. The fraction of sp³-hybridized carbons (Fsp3) is 0.0833. The van der Waals surface area contributed by atoms with Gasteiger partial charge in [0.25, 0.3) is 0 Å². The van der Waals surface area contributed by atoms with Crippen molar-refractivity contribution in [1.82, 2.24) is 0 Å². The van der Waals surface area contributed by atoms with E-state index in [1.165, 1.54) is 6.07 Å². The SMILES string of the molecule is O=[N+]([O-])c1cccc[n+]1Cc1ccccc1.[Br-]. The van der Waals surface area contributed by atoms with E-state index in [4.69, 9.17) is 0 Å². The lowest BCUT2D eigenvalue weighted by Gasteiger charge is -1.97. The largest absolute Gasteiger partial charge is 1.00 e. The zero-order valence-electron chi connectivity index (χ0n) is 8.99. The molecular weight excluding hydrogens is 284 g/mol. The fourth-order valence-electron chi connectivity index (χ4n) is 1.55. The third-order valence-corrected chi connectivity index (χ3v) is 2.30. The highest BCUT2D eigenvalue weighted by atomic mass is 79.9. The summed E-state index contributed by atoms with van der Waals surface area (Å²) in [4.78, 5) is 10.4. The molecule has 0 aliphatic carbocycles. The minimum Gasteiger partial charge on any atom is -1.00 e. The van der Waals surface area contributed by atoms with Gasteiger partial charge in [-0.3, -0.25) is 10.1 Å². The van der Waals surface area contributed by atoms with Gasteiger partial charge in [0.15, 0.2) is 12.7 Å². The molecule has 0 radical (unpaired) electrons. The van der Waals surface area contributed by atoms with Crippen molar-refractivity contribution < 1.29 is 26.5 Å². The number of nitrogens with zero attached hydrogens (tertiary/aromatic N) is 2. The highest BCUT2D eigenvalue weighted by Gasteiger charge is 2.20. The molecule has 1 aromatic carbocycles. The van der Waals surface area contributed by atoms with Crippen LogP contribution in [0.15, 0.2) is 54.7 Å². The Hall–Kier alpha value is -1.75. The van der Waals surface area contributed by atoms with Gasteiger partial charge < -0.3 is 17.0 Å². The summed E-state index contributed by atoms with van der Waals surface area (Å²) in [5.41, 5.74) is 1.04. The number of halogens is 1. The third-order valence-electron chi connectivity index (χ3n) is 2.30. The molecule has 5 heteroatoms. The van der Waals surface area contributed by atoms with E-state index in [9.17, 15) is 10.1 Å². The van der Waals surface area contributed by atoms with Gasteiger partial charge in [0.2, 0.25) is 0 Å². The predicted octanol–water partition coefficient (Wildman–Crippen LogP) is -1.07. The molecule has 0 amide bonds. The molecule has 0 N–H and O–H groups in total. The summed E-state index contributed by atoms with van der Waals surface area (Å²) in [7, 11) is 0. The summed E-state index contributed by atoms with van der Waals surface area (Å²) in [6.45, 7) is 0.512. The number of benzene rings is 1. The Morgan fingerprint density at radius 3 is 2.35 bits per heavy atom. The van der Waals surface area contributed by atoms with E-state index in [0.29, 0.717) is 6.54 Å². The molecule has 0 fully saturated rings. The van der Waals surface area contributed by atoms with Gasteiger partial charge in [-0.2, -0.15) is 0 Å². The zero-order valence-corrected chi connectivity index (χ0v) is 10.6. The molecule has 4 nitrogen and oxygen atoms in total. The monoisotopic (exact) mass is 294 g/mol. The van der Waals surface area contributed by atoms with Crippen molar-refractivity contribution in [3.8, 4) is 0 Å². The molecule has 1 heterocycles. The molecular formula is C12H11BrN2O2. The molecule has 0 saturated carbocycles. The van der Waals surface area contributed by atoms with Crippen LogP contribution in [-0.2, 0) is 6.54 Å².